The van der Waals surface area contributed by atoms with Crippen LogP contribution in [0, 0.1) is 17.8 Å². The van der Waals surface area contributed by atoms with Crippen LogP contribution in [0.3, 0.4) is 0 Å². The Morgan fingerprint density at radius 2 is 1.86 bits per heavy atom. The van der Waals surface area contributed by atoms with Gasteiger partial charge in [-0.3, -0.25) is 14.6 Å². The topological polar surface area (TPSA) is 116 Å². The number of benzene rings is 1. The number of carbonyl (C=O) groups excluding carboxylic acids is 3. The van der Waals surface area contributed by atoms with E-state index in [1.165, 1.54) is 0 Å². The molecule has 2 aliphatic rings. The Morgan fingerprint density at radius 1 is 1.14 bits per heavy atom. The Balaban J connectivity index is 1.57. The van der Waals surface area contributed by atoms with Crippen molar-refractivity contribution in [3.05, 3.63) is 48.2 Å². The Labute approximate surface area is 262 Å². The number of para-hydroxylation sites is 1. The van der Waals surface area contributed by atoms with Gasteiger partial charge in [-0.25, -0.2) is 4.79 Å². The second-order valence-electron chi connectivity index (χ2n) is 13.0. The van der Waals surface area contributed by atoms with E-state index < -0.39 is 53.1 Å². The van der Waals surface area contributed by atoms with Crippen molar-refractivity contribution in [2.75, 3.05) is 13.2 Å². The zero-order valence-electron chi connectivity index (χ0n) is 27.0. The highest BCUT2D eigenvalue weighted by Crippen LogP contribution is 2.39. The van der Waals surface area contributed by atoms with Gasteiger partial charge in [0, 0.05) is 23.5 Å². The van der Waals surface area contributed by atoms with Crippen LogP contribution in [0.1, 0.15) is 66.9 Å². The number of carbonyl (C=O) groups is 3. The second-order valence-corrected chi connectivity index (χ2v) is 13.0. The lowest BCUT2D eigenvalue weighted by Crippen LogP contribution is -2.60. The number of nitrogens with one attached hydrogen (secondary N) is 2. The van der Waals surface area contributed by atoms with Crippen LogP contribution in [0.5, 0.6) is 0 Å². The molecule has 236 valence electrons. The maximum atomic E-state index is 13.6. The molecule has 0 bridgehead atoms. The van der Waals surface area contributed by atoms with Crippen LogP contribution in [0.25, 0.3) is 17.0 Å². The van der Waals surface area contributed by atoms with Gasteiger partial charge in [0.25, 0.3) is 0 Å². The number of fused-ring (bicyclic) bond motifs is 2. The summed E-state index contributed by atoms with van der Waals surface area (Å²) in [5.74, 6) is -3.32. The number of hydrogen-bond acceptors (Lipinski definition) is 8. The van der Waals surface area contributed by atoms with E-state index in [0.29, 0.717) is 19.4 Å². The fourth-order valence-corrected chi connectivity index (χ4v) is 6.68. The highest BCUT2D eigenvalue weighted by molar-refractivity contribution is 6.15. The molecule has 1 aromatic heterocycles. The lowest BCUT2D eigenvalue weighted by molar-refractivity contribution is -0.169. The van der Waals surface area contributed by atoms with E-state index in [-0.39, 0.29) is 24.3 Å². The predicted molar refractivity (Wildman–Crippen MR) is 171 cm³/mol. The van der Waals surface area contributed by atoms with Crippen LogP contribution in [-0.4, -0.2) is 73.2 Å². The lowest BCUT2D eigenvalue weighted by atomic mass is 9.62. The van der Waals surface area contributed by atoms with Gasteiger partial charge in [0.1, 0.15) is 17.8 Å². The van der Waals surface area contributed by atoms with Crippen molar-refractivity contribution in [3.63, 3.8) is 0 Å². The first-order chi connectivity index (χ1) is 20.8. The average molecular weight is 604 g/mol. The van der Waals surface area contributed by atoms with E-state index >= 15 is 0 Å². The van der Waals surface area contributed by atoms with Crippen molar-refractivity contribution in [2.24, 2.45) is 17.8 Å². The van der Waals surface area contributed by atoms with Crippen molar-refractivity contribution in [2.45, 2.75) is 96.5 Å². The number of nitrogens with zero attached hydrogens (tertiary/aromatic N) is 1. The van der Waals surface area contributed by atoms with Gasteiger partial charge in [-0.05, 0) is 76.5 Å². The smallest absolute Gasteiger partial charge is 0.408 e. The number of hydrogen-bond donors (Lipinski definition) is 2. The molecule has 1 amide bonds. The molecular weight excluding hydrogens is 557 g/mol. The van der Waals surface area contributed by atoms with E-state index in [1.54, 1.807) is 20.8 Å². The third kappa shape index (κ3) is 7.18. The van der Waals surface area contributed by atoms with Gasteiger partial charge >= 0.3 is 12.1 Å². The molecule has 44 heavy (non-hydrogen) atoms. The molecule has 2 radical (unpaired) electrons. The summed E-state index contributed by atoms with van der Waals surface area (Å²) >= 11 is 0. The molecule has 2 aliphatic heterocycles. The summed E-state index contributed by atoms with van der Waals surface area (Å²) in [4.78, 5) is 43.9. The number of pyridine rings is 1. The summed E-state index contributed by atoms with van der Waals surface area (Å²) < 4.78 is 18.1. The molecule has 0 aliphatic carbocycles. The number of alkyl carbamates (subject to hydrolysis) is 1. The van der Waals surface area contributed by atoms with Crippen molar-refractivity contribution in [1.82, 2.24) is 15.6 Å². The predicted octanol–water partition coefficient (Wildman–Crippen LogP) is 5.03. The van der Waals surface area contributed by atoms with Crippen LogP contribution < -0.4 is 10.6 Å². The van der Waals surface area contributed by atoms with Gasteiger partial charge in [-0.2, -0.15) is 0 Å². The number of esters is 1. The average Bonchev–Trinajstić information content (AvgIpc) is 3.32. The molecule has 10 heteroatoms. The van der Waals surface area contributed by atoms with Crippen molar-refractivity contribution in [1.29, 1.82) is 0 Å². The highest BCUT2D eigenvalue weighted by atomic mass is 16.6. The number of ether oxygens (including phenoxy) is 3. The SMILES string of the molecule is [B][C@@H]1[C@@H](C)C(=O)[C@@H](C)C(=O)O[C@H](CC)[C@@]2(C)OC(=O)N[C@@H]2[C@@H](C)NC[C@H](C)C[C@@]1(C)OC/C=C/c1cnc2ccccc2c1. The van der Waals surface area contributed by atoms with Crippen molar-refractivity contribution >= 4 is 42.7 Å². The van der Waals surface area contributed by atoms with Gasteiger partial charge < -0.3 is 24.8 Å². The first-order valence-electron chi connectivity index (χ1n) is 15.7. The molecule has 1 aromatic carbocycles. The van der Waals surface area contributed by atoms with Crippen molar-refractivity contribution < 1.29 is 28.6 Å². The molecule has 0 saturated carbocycles. The number of amides is 1. The number of Topliss-reactive ketones (excluding diaryl/α,β-unsaturated/α-hetero) is 1. The minimum absolute atomic E-state index is 0.0937. The quantitative estimate of drug-likeness (QED) is 0.278. The van der Waals surface area contributed by atoms with Gasteiger partial charge in [0.2, 0.25) is 0 Å². The molecule has 0 spiro atoms. The van der Waals surface area contributed by atoms with Crippen LogP contribution >= 0.6 is 0 Å². The molecule has 2 fully saturated rings. The van der Waals surface area contributed by atoms with E-state index in [1.807, 2.05) is 63.4 Å². The summed E-state index contributed by atoms with van der Waals surface area (Å²) in [5.41, 5.74) is -0.125. The monoisotopic (exact) mass is 603 g/mol. The zero-order valence-corrected chi connectivity index (χ0v) is 27.0. The fourth-order valence-electron chi connectivity index (χ4n) is 6.68. The first-order valence-corrected chi connectivity index (χ1v) is 15.7. The van der Waals surface area contributed by atoms with Crippen LogP contribution in [0.2, 0.25) is 5.82 Å². The summed E-state index contributed by atoms with van der Waals surface area (Å²) in [6, 6.07) is 9.34. The van der Waals surface area contributed by atoms with Crippen molar-refractivity contribution in [3.8, 4) is 0 Å². The molecule has 9 atom stereocenters. The number of rotatable bonds is 5. The maximum absolute atomic E-state index is 13.6. The molecule has 0 unspecified atom stereocenters. The molecule has 4 rings (SSSR count). The Morgan fingerprint density at radius 3 is 2.59 bits per heavy atom. The summed E-state index contributed by atoms with van der Waals surface area (Å²) in [7, 11) is 6.83. The molecule has 2 saturated heterocycles. The molecule has 2 aromatic rings. The summed E-state index contributed by atoms with van der Waals surface area (Å²) in [5, 5.41) is 7.49. The lowest BCUT2D eigenvalue weighted by Gasteiger charge is -2.41. The van der Waals surface area contributed by atoms with E-state index in [0.717, 1.165) is 16.5 Å². The van der Waals surface area contributed by atoms with Gasteiger partial charge in [0.15, 0.2) is 5.60 Å². The minimum Gasteiger partial charge on any atom is -0.458 e. The first kappa shape index (κ1) is 33.7. The normalized spacial score (nSPS) is 35.8. The molecule has 3 heterocycles. The molecule has 2 N–H and O–H groups in total. The van der Waals surface area contributed by atoms with E-state index in [9.17, 15) is 14.4 Å². The van der Waals surface area contributed by atoms with Crippen LogP contribution in [0.4, 0.5) is 4.79 Å². The third-order valence-corrected chi connectivity index (χ3v) is 9.42. The summed E-state index contributed by atoms with van der Waals surface area (Å²) in [6.45, 7) is 13.8. The zero-order chi connectivity index (χ0) is 32.2. The molecular formula is C34H46BN3O6. The fraction of sp³-hybridized carbons (Fsp3) is 0.588. The van der Waals surface area contributed by atoms with E-state index in [2.05, 4.69) is 28.6 Å². The molecule has 9 nitrogen and oxygen atoms in total. The largest absolute Gasteiger partial charge is 0.458 e. The third-order valence-electron chi connectivity index (χ3n) is 9.42. The Bertz CT molecular complexity index is 1390. The number of aromatic nitrogens is 1. The van der Waals surface area contributed by atoms with Gasteiger partial charge in [0.05, 0.1) is 31.6 Å². The number of ketones is 1. The standard InChI is InChI=1S/C34H46BN3O6/c1-8-27-34(7)30(38-32(41)44-34)23(5)36-18-20(2)17-33(6,29(35)21(3)28(39)22(4)31(40)43-27)42-15-11-12-24-16-25-13-9-10-14-26(25)37-19-24/h9-14,16,19-23,27,29-30,36H,8,15,17-18H2,1-7H3,(H,38,41)/b12-11+/t20-,21+,22-,23-,27-,29-,30-,33-,34-/m1/s1. The van der Waals surface area contributed by atoms with E-state index in [4.69, 9.17) is 22.1 Å². The van der Waals surface area contributed by atoms with Crippen LogP contribution in [-0.2, 0) is 23.8 Å². The van der Waals surface area contributed by atoms with Gasteiger partial charge in [-0.1, -0.05) is 51.1 Å². The Hall–Kier alpha value is -3.24. The summed E-state index contributed by atoms with van der Waals surface area (Å²) in [6.07, 6.45) is 5.35. The van der Waals surface area contributed by atoms with Crippen LogP contribution in [0.15, 0.2) is 42.6 Å². The minimum atomic E-state index is -1.12. The highest BCUT2D eigenvalue weighted by Gasteiger charge is 2.54. The number of cyclic esters (lactones) is 1. The second kappa shape index (κ2) is 13.8. The maximum Gasteiger partial charge on any atom is 0.408 e. The Kier molecular flexibility index (Phi) is 10.6. The van der Waals surface area contributed by atoms with Gasteiger partial charge in [-0.15, -0.1) is 0 Å².